The lowest BCUT2D eigenvalue weighted by Crippen LogP contribution is -2.70. The van der Waals surface area contributed by atoms with Crippen molar-refractivity contribution in [1.82, 2.24) is 21.3 Å². The van der Waals surface area contributed by atoms with Crippen molar-refractivity contribution in [3.63, 3.8) is 0 Å². The van der Waals surface area contributed by atoms with Crippen molar-refractivity contribution in [1.29, 1.82) is 0 Å². The number of hydrogen-bond donors (Lipinski definition) is 32. The number of aliphatic hydroxyl groups excluding tert-OH is 28. The van der Waals surface area contributed by atoms with E-state index < -0.39 is 397 Å². The number of ether oxygens (including phenoxy) is 19. The summed E-state index contributed by atoms with van der Waals surface area (Å²) in [5.74, 6) is -3.72. The predicted molar refractivity (Wildman–Crippen MR) is 376 cm³/mol. The van der Waals surface area contributed by atoms with Crippen LogP contribution in [0.1, 0.15) is 27.7 Å². The van der Waals surface area contributed by atoms with E-state index in [1.807, 2.05) is 0 Å². The number of hydrogen-bond acceptors (Lipinski definition) is 51. The zero-order chi connectivity index (χ0) is 90.5. The maximum absolute atomic E-state index is 13.2. The van der Waals surface area contributed by atoms with Crippen LogP contribution in [0.2, 0.25) is 0 Å². The average molecular weight is 1800 g/mol. The second-order valence-electron chi connectivity index (χ2n) is 31.0. The second-order valence-corrected chi connectivity index (χ2v) is 31.0. The minimum Gasteiger partial charge on any atom is -0.394 e. The molecule has 0 aromatic carbocycles. The summed E-state index contributed by atoms with van der Waals surface area (Å²) in [7, 11) is 0. The second kappa shape index (κ2) is 44.3. The van der Waals surface area contributed by atoms with Gasteiger partial charge in [0.1, 0.15) is 244 Å². The lowest BCUT2D eigenvalue weighted by molar-refractivity contribution is -0.398. The van der Waals surface area contributed by atoms with Crippen LogP contribution in [0.3, 0.4) is 0 Å². The average Bonchev–Trinajstić information content (AvgIpc) is 0.767. The van der Waals surface area contributed by atoms with Gasteiger partial charge in [-0.15, -0.1) is 0 Å². The van der Waals surface area contributed by atoms with Gasteiger partial charge >= 0.3 is 0 Å². The van der Waals surface area contributed by atoms with E-state index in [1.165, 1.54) is 0 Å². The van der Waals surface area contributed by atoms with E-state index in [-0.39, 0.29) is 0 Å². The molecule has 712 valence electrons. The highest BCUT2D eigenvalue weighted by Crippen LogP contribution is 2.41. The van der Waals surface area contributed by atoms with Crippen molar-refractivity contribution in [2.75, 3.05) is 66.1 Å². The fourth-order valence-electron chi connectivity index (χ4n) is 15.9. The summed E-state index contributed by atoms with van der Waals surface area (Å²) < 4.78 is 112. The quantitative estimate of drug-likeness (QED) is 0.0297. The molecule has 55 nitrogen and oxygen atoms in total. The molecule has 10 aliphatic heterocycles. The maximum atomic E-state index is 13.2. The third kappa shape index (κ3) is 22.3. The molecular weight excluding hydrogens is 1690 g/mol. The van der Waals surface area contributed by atoms with Gasteiger partial charge in [0.2, 0.25) is 23.6 Å². The Hall–Kier alpha value is -4.00. The Labute approximate surface area is 695 Å². The number of carbonyl (C=O) groups is 4. The Bertz CT molecular complexity index is 3310. The highest BCUT2D eigenvalue weighted by atomic mass is 16.8. The minimum absolute atomic E-state index is 0.862. The predicted octanol–water partition coefficient (Wildman–Crippen LogP) is -22.2. The molecule has 0 bridgehead atoms. The molecule has 1 unspecified atom stereocenters. The van der Waals surface area contributed by atoms with Crippen molar-refractivity contribution in [2.45, 2.75) is 335 Å². The molecule has 32 N–H and O–H groups in total. The topological polar surface area (TPSA) is 858 Å². The normalized spacial score (nSPS) is 49.4. The molecule has 10 aliphatic rings. The van der Waals surface area contributed by atoms with E-state index in [4.69, 9.17) is 90.0 Å². The van der Waals surface area contributed by atoms with Crippen molar-refractivity contribution < 1.29 is 252 Å². The van der Waals surface area contributed by atoms with Gasteiger partial charge in [-0.3, -0.25) is 19.2 Å². The van der Waals surface area contributed by atoms with Crippen molar-refractivity contribution in [2.24, 2.45) is 0 Å². The highest BCUT2D eigenvalue weighted by Gasteiger charge is 2.62. The Morgan fingerprint density at radius 1 is 0.211 bits per heavy atom. The molecule has 0 radical (unpaired) electrons. The summed E-state index contributed by atoms with van der Waals surface area (Å²) in [6.45, 7) is -7.30. The molecule has 55 heteroatoms. The summed E-state index contributed by atoms with van der Waals surface area (Å²) in [6, 6.07) is -7.60. The van der Waals surface area contributed by atoms with Gasteiger partial charge in [0, 0.05) is 27.7 Å². The molecule has 0 aromatic rings. The SMILES string of the molecule is CC(=O)N[C@H]1[C@H](O[C@H]2[C@@H](O)[C@@H](CO)O[C@@H](O[C@H]3[C@H](O)[C@@H](NC(C)=O)[C@H](O[C@@H]4[C@@H](OC[C@H]5O[C@@H](O[C@H]6[C@H](O)[C@@H](NC(C)=O)C(O)O[C@@H]6CO)[C@@H](O)[C@@H](O[C@H]6O[C@H](CO)[C@@H](O)[C@H](O)[C@@H]6O[C@@H]6O[C@H](CO)[C@@H](O[C@@H]7O[C@H](CO)[C@H](O)[C@H](O)[C@H]7O)[C@H](O)[C@H]6NC(C)=O)[C@@H]5O)O[C@H](CO)[C@@H](O)[C@@H]4O)O[C@@H]3CO)[C@@H]2O)O[C@H](CO)[C@@H](O[C@@H]2O[C@H](CO)[C@H](O)[C@H](O)[C@H]2O)[C@@H]1O. The molecule has 10 saturated heterocycles. The molecule has 10 rings (SSSR count). The molecular formula is C68H114N4O51. The van der Waals surface area contributed by atoms with Crippen molar-refractivity contribution in [3.8, 4) is 0 Å². The van der Waals surface area contributed by atoms with Gasteiger partial charge in [-0.2, -0.15) is 0 Å². The fraction of sp³-hybridized carbons (Fsp3) is 0.941. The van der Waals surface area contributed by atoms with Gasteiger partial charge in [0.15, 0.2) is 62.9 Å². The van der Waals surface area contributed by atoms with Crippen LogP contribution in [0.4, 0.5) is 0 Å². The number of rotatable bonds is 32. The first-order valence-corrected chi connectivity index (χ1v) is 39.1. The van der Waals surface area contributed by atoms with Crippen LogP contribution < -0.4 is 21.3 Å². The Morgan fingerprint density at radius 2 is 0.439 bits per heavy atom. The van der Waals surface area contributed by atoms with Crippen LogP contribution in [0.5, 0.6) is 0 Å². The number of aliphatic hydroxyl groups is 28. The minimum atomic E-state index is -2.52. The van der Waals surface area contributed by atoms with E-state index in [1.54, 1.807) is 0 Å². The van der Waals surface area contributed by atoms with Crippen LogP contribution in [-0.2, 0) is 109 Å². The smallest absolute Gasteiger partial charge is 0.217 e. The molecule has 0 aromatic heterocycles. The zero-order valence-electron chi connectivity index (χ0n) is 65.9. The molecule has 0 saturated carbocycles. The van der Waals surface area contributed by atoms with Gasteiger partial charge < -0.3 is 254 Å². The van der Waals surface area contributed by atoms with E-state index in [0.717, 1.165) is 27.7 Å². The van der Waals surface area contributed by atoms with Crippen LogP contribution in [0, 0.1) is 0 Å². The van der Waals surface area contributed by atoms with Crippen molar-refractivity contribution >= 4 is 23.6 Å². The highest BCUT2D eigenvalue weighted by molar-refractivity contribution is 5.74. The van der Waals surface area contributed by atoms with E-state index in [2.05, 4.69) is 21.3 Å². The van der Waals surface area contributed by atoms with Crippen LogP contribution in [0.25, 0.3) is 0 Å². The van der Waals surface area contributed by atoms with Gasteiger partial charge in [-0.25, -0.2) is 0 Å². The Balaban J connectivity index is 0.913. The third-order valence-electron chi connectivity index (χ3n) is 22.5. The number of carbonyl (C=O) groups excluding carboxylic acids is 4. The molecule has 50 atom stereocenters. The number of amides is 4. The van der Waals surface area contributed by atoms with Gasteiger partial charge in [0.25, 0.3) is 0 Å². The molecule has 0 aliphatic carbocycles. The molecule has 4 amide bonds. The van der Waals surface area contributed by atoms with Crippen LogP contribution >= 0.6 is 0 Å². The monoisotopic (exact) mass is 1800 g/mol. The molecule has 123 heavy (non-hydrogen) atoms. The first-order valence-electron chi connectivity index (χ1n) is 39.1. The maximum Gasteiger partial charge on any atom is 0.217 e. The first-order chi connectivity index (χ1) is 58.2. The zero-order valence-corrected chi connectivity index (χ0v) is 65.9. The molecule has 0 spiro atoms. The third-order valence-corrected chi connectivity index (χ3v) is 22.5. The lowest BCUT2D eigenvalue weighted by atomic mass is 9.94. The molecule has 10 fully saturated rings. The van der Waals surface area contributed by atoms with E-state index in [0.29, 0.717) is 0 Å². The largest absolute Gasteiger partial charge is 0.394 e. The van der Waals surface area contributed by atoms with E-state index in [9.17, 15) is 162 Å². The van der Waals surface area contributed by atoms with Gasteiger partial charge in [-0.1, -0.05) is 0 Å². The Morgan fingerprint density at radius 3 is 0.772 bits per heavy atom. The van der Waals surface area contributed by atoms with E-state index >= 15 is 0 Å². The lowest BCUT2D eigenvalue weighted by Gasteiger charge is -2.51. The van der Waals surface area contributed by atoms with Gasteiger partial charge in [-0.05, 0) is 0 Å². The first kappa shape index (κ1) is 101. The summed E-state index contributed by atoms with van der Waals surface area (Å²) >= 11 is 0. The van der Waals surface area contributed by atoms with Crippen molar-refractivity contribution in [3.05, 3.63) is 0 Å². The summed E-state index contributed by atoms with van der Waals surface area (Å²) in [6.07, 6.45) is -96.3. The summed E-state index contributed by atoms with van der Waals surface area (Å²) in [5.41, 5.74) is 0. The Kier molecular flexibility index (Phi) is 36.4. The molecule has 10 heterocycles. The van der Waals surface area contributed by atoms with Gasteiger partial charge in [0.05, 0.1) is 66.1 Å². The standard InChI is InChI=1S/C68H114N4O51/c1-15(82)69-29-39(92)51(24(10-78)106-59(29)104)118-66-50(103)56(121-68-58(46(99)36(89)22(8-76)111-68)123-62-32(72-18(4)85)41(94)53(26(12-80)114-62)117-64-48(101)44(97)34(87)20(6-74)108-64)38(91)28(115-66)14-105-67-57(45(98)35(88)21(7-75)110-67)122-61-31(71-17(3)84)42(95)54(27(13-81)113-61)119-65-49(102)55(37(90)23(9-77)109-65)120-60-30(70-16(2)83)40(93)52(25(11-79)112-60)116-63-47(100)43(96)33(86)19(5-73)107-63/h19-68,73-81,86-104H,5-14H2,1-4H3,(H,69,82)(H,70,83)(H,71,84)(H,72,85)/t19-,20-,21-,22-,23-,24-,25-,26-,27-,28-,29-,30-,31-,32-,33+,34+,35-,36-,37+,38-,39-,40-,41-,42-,43+,44+,45+,46+,47-,48-,49-,50+,51-,52-,53-,54-,55+,56+,57+,58+,59?,60+,61+,62+,63+,64+,65+,66+,67+,68-/m1/s1. The summed E-state index contributed by atoms with van der Waals surface area (Å²) in [5, 5.41) is 321. The fourth-order valence-corrected chi connectivity index (χ4v) is 15.9. The number of nitrogens with one attached hydrogen (secondary N) is 4. The van der Waals surface area contributed by atoms with Crippen LogP contribution in [-0.4, -0.2) is 539 Å². The van der Waals surface area contributed by atoms with Crippen LogP contribution in [0.15, 0.2) is 0 Å². The summed E-state index contributed by atoms with van der Waals surface area (Å²) in [4.78, 5) is 51.1.